The zero-order valence-electron chi connectivity index (χ0n) is 16.3. The maximum Gasteiger partial charge on any atom is 0.203 e. The molecule has 0 unspecified atom stereocenters. The molecule has 8 heteroatoms. The van der Waals surface area contributed by atoms with E-state index in [1.807, 2.05) is 0 Å². The van der Waals surface area contributed by atoms with Crippen LogP contribution in [0, 0.1) is 0 Å². The number of fused-ring (bicyclic) bond motifs is 2. The number of ether oxygens (including phenoxy) is 3. The second-order valence-corrected chi connectivity index (χ2v) is 7.68. The standard InChI is InChI=1S/C20H27N5O3/c1-26-16-10-14(11-17-19(16)28-9-8-27-17)13-24-5-2-15(3-6-24)20-23-22-18-12-21-4-7-25(18)20/h10-11,15,21H,2-9,12-13H2,1H3. The summed E-state index contributed by atoms with van der Waals surface area (Å²) in [4.78, 5) is 2.50. The molecule has 1 N–H and O–H groups in total. The third-order valence-corrected chi connectivity index (χ3v) is 5.90. The summed E-state index contributed by atoms with van der Waals surface area (Å²) in [7, 11) is 1.68. The van der Waals surface area contributed by atoms with Crippen molar-refractivity contribution in [1.82, 2.24) is 25.0 Å². The van der Waals surface area contributed by atoms with Crippen LogP contribution in [-0.2, 0) is 19.6 Å². The normalized spacial score (nSPS) is 20.0. The minimum atomic E-state index is 0.505. The molecule has 1 aromatic heterocycles. The lowest BCUT2D eigenvalue weighted by Gasteiger charge is -2.32. The Labute approximate surface area is 164 Å². The van der Waals surface area contributed by atoms with Crippen LogP contribution in [0.5, 0.6) is 17.2 Å². The van der Waals surface area contributed by atoms with Crippen LogP contribution in [0.2, 0.25) is 0 Å². The van der Waals surface area contributed by atoms with Crippen LogP contribution >= 0.6 is 0 Å². The second-order valence-electron chi connectivity index (χ2n) is 7.68. The molecular weight excluding hydrogens is 358 g/mol. The monoisotopic (exact) mass is 385 g/mol. The van der Waals surface area contributed by atoms with E-state index in [0.29, 0.717) is 19.1 Å². The number of nitrogens with one attached hydrogen (secondary N) is 1. The first-order valence-electron chi connectivity index (χ1n) is 10.1. The Bertz CT molecular complexity index is 827. The third kappa shape index (κ3) is 3.31. The number of rotatable bonds is 4. The van der Waals surface area contributed by atoms with Gasteiger partial charge in [0.15, 0.2) is 11.5 Å². The highest BCUT2D eigenvalue weighted by atomic mass is 16.6. The first-order chi connectivity index (χ1) is 13.8. The van der Waals surface area contributed by atoms with Gasteiger partial charge in [0.25, 0.3) is 0 Å². The molecule has 150 valence electrons. The molecule has 1 saturated heterocycles. The number of benzene rings is 1. The van der Waals surface area contributed by atoms with E-state index in [4.69, 9.17) is 14.2 Å². The van der Waals surface area contributed by atoms with Crippen molar-refractivity contribution in [2.75, 3.05) is 40.0 Å². The van der Waals surface area contributed by atoms with Crippen molar-refractivity contribution < 1.29 is 14.2 Å². The molecule has 0 radical (unpaired) electrons. The lowest BCUT2D eigenvalue weighted by molar-refractivity contribution is 0.163. The summed E-state index contributed by atoms with van der Waals surface area (Å²) in [6.07, 6.45) is 2.24. The van der Waals surface area contributed by atoms with E-state index in [1.165, 1.54) is 11.4 Å². The molecule has 5 rings (SSSR count). The van der Waals surface area contributed by atoms with Gasteiger partial charge in [0.05, 0.1) is 13.7 Å². The topological polar surface area (TPSA) is 73.7 Å². The summed E-state index contributed by atoms with van der Waals surface area (Å²) in [6.45, 7) is 6.97. The van der Waals surface area contributed by atoms with Gasteiger partial charge in [-0.05, 0) is 43.6 Å². The molecule has 0 spiro atoms. The first-order valence-corrected chi connectivity index (χ1v) is 10.1. The van der Waals surface area contributed by atoms with Crippen molar-refractivity contribution in [2.45, 2.75) is 38.4 Å². The highest BCUT2D eigenvalue weighted by Crippen LogP contribution is 2.41. The Morgan fingerprint density at radius 1 is 1.14 bits per heavy atom. The van der Waals surface area contributed by atoms with Crippen LogP contribution in [0.3, 0.4) is 0 Å². The molecule has 2 aromatic rings. The third-order valence-electron chi connectivity index (χ3n) is 5.90. The summed E-state index contributed by atoms with van der Waals surface area (Å²) < 4.78 is 19.3. The second kappa shape index (κ2) is 7.60. The maximum absolute atomic E-state index is 5.77. The van der Waals surface area contributed by atoms with Gasteiger partial charge in [-0.1, -0.05) is 0 Å². The molecule has 8 nitrogen and oxygen atoms in total. The van der Waals surface area contributed by atoms with E-state index in [1.54, 1.807) is 7.11 Å². The number of aromatic nitrogens is 3. The highest BCUT2D eigenvalue weighted by molar-refractivity contribution is 5.54. The van der Waals surface area contributed by atoms with E-state index in [9.17, 15) is 0 Å². The van der Waals surface area contributed by atoms with Gasteiger partial charge in [0, 0.05) is 25.6 Å². The molecule has 0 bridgehead atoms. The van der Waals surface area contributed by atoms with Crippen molar-refractivity contribution in [3.05, 3.63) is 29.3 Å². The molecule has 0 aliphatic carbocycles. The van der Waals surface area contributed by atoms with Gasteiger partial charge in [-0.3, -0.25) is 4.90 Å². The minimum absolute atomic E-state index is 0.505. The number of nitrogens with zero attached hydrogens (tertiary/aromatic N) is 4. The summed E-state index contributed by atoms with van der Waals surface area (Å²) in [6, 6.07) is 4.16. The van der Waals surface area contributed by atoms with E-state index < -0.39 is 0 Å². The fourth-order valence-corrected chi connectivity index (χ4v) is 4.44. The molecule has 3 aliphatic rings. The number of piperidine rings is 1. The van der Waals surface area contributed by atoms with Crippen LogP contribution < -0.4 is 19.5 Å². The summed E-state index contributed by atoms with van der Waals surface area (Å²) in [5.74, 6) is 5.03. The molecule has 1 fully saturated rings. The Hall–Kier alpha value is -2.32. The smallest absolute Gasteiger partial charge is 0.203 e. The van der Waals surface area contributed by atoms with Crippen molar-refractivity contribution in [3.63, 3.8) is 0 Å². The largest absolute Gasteiger partial charge is 0.493 e. The number of hydrogen-bond donors (Lipinski definition) is 1. The Morgan fingerprint density at radius 2 is 2.00 bits per heavy atom. The van der Waals surface area contributed by atoms with Crippen molar-refractivity contribution in [3.8, 4) is 17.2 Å². The van der Waals surface area contributed by atoms with Crippen molar-refractivity contribution >= 4 is 0 Å². The van der Waals surface area contributed by atoms with Crippen LogP contribution in [-0.4, -0.2) is 59.6 Å². The lowest BCUT2D eigenvalue weighted by Crippen LogP contribution is -2.34. The van der Waals surface area contributed by atoms with Crippen LogP contribution in [0.1, 0.15) is 36.0 Å². The zero-order chi connectivity index (χ0) is 18.9. The predicted molar refractivity (Wildman–Crippen MR) is 103 cm³/mol. The maximum atomic E-state index is 5.77. The Balaban J connectivity index is 1.25. The van der Waals surface area contributed by atoms with E-state index in [-0.39, 0.29) is 0 Å². The van der Waals surface area contributed by atoms with Crippen LogP contribution in [0.15, 0.2) is 12.1 Å². The average Bonchev–Trinajstić information content (AvgIpc) is 3.18. The zero-order valence-corrected chi connectivity index (χ0v) is 16.3. The predicted octanol–water partition coefficient (Wildman–Crippen LogP) is 1.54. The number of hydrogen-bond acceptors (Lipinski definition) is 7. The van der Waals surface area contributed by atoms with Crippen molar-refractivity contribution in [1.29, 1.82) is 0 Å². The lowest BCUT2D eigenvalue weighted by atomic mass is 9.95. The number of likely N-dealkylation sites (tertiary alicyclic amines) is 1. The summed E-state index contributed by atoms with van der Waals surface area (Å²) in [5.41, 5.74) is 1.20. The quantitative estimate of drug-likeness (QED) is 0.856. The van der Waals surface area contributed by atoms with Crippen LogP contribution in [0.4, 0.5) is 0 Å². The molecule has 1 aromatic carbocycles. The van der Waals surface area contributed by atoms with E-state index >= 15 is 0 Å². The summed E-state index contributed by atoms with van der Waals surface area (Å²) >= 11 is 0. The van der Waals surface area contributed by atoms with Gasteiger partial charge >= 0.3 is 0 Å². The molecule has 0 amide bonds. The van der Waals surface area contributed by atoms with Gasteiger partial charge < -0.3 is 24.1 Å². The minimum Gasteiger partial charge on any atom is -0.493 e. The summed E-state index contributed by atoms with van der Waals surface area (Å²) in [5, 5.41) is 12.2. The van der Waals surface area contributed by atoms with Gasteiger partial charge in [-0.25, -0.2) is 0 Å². The van der Waals surface area contributed by atoms with Gasteiger partial charge in [-0.2, -0.15) is 0 Å². The van der Waals surface area contributed by atoms with Gasteiger partial charge in [0.1, 0.15) is 24.9 Å². The fraction of sp³-hybridized carbons (Fsp3) is 0.600. The van der Waals surface area contributed by atoms with Crippen LogP contribution in [0.25, 0.3) is 0 Å². The van der Waals surface area contributed by atoms with Crippen molar-refractivity contribution in [2.24, 2.45) is 0 Å². The van der Waals surface area contributed by atoms with E-state index in [0.717, 1.165) is 75.2 Å². The van der Waals surface area contributed by atoms with E-state index in [2.05, 4.69) is 37.1 Å². The average molecular weight is 385 g/mol. The fourth-order valence-electron chi connectivity index (χ4n) is 4.44. The molecule has 4 heterocycles. The molecular formula is C20H27N5O3. The Morgan fingerprint density at radius 3 is 2.86 bits per heavy atom. The SMILES string of the molecule is COc1cc(CN2CCC(c3nnc4n3CCNC4)CC2)cc2c1OCCO2. The molecule has 3 aliphatic heterocycles. The first kappa shape index (κ1) is 17.8. The van der Waals surface area contributed by atoms with Gasteiger partial charge in [0.2, 0.25) is 5.75 Å². The molecule has 0 saturated carbocycles. The Kier molecular flexibility index (Phi) is 4.82. The number of methoxy groups -OCH3 is 1. The van der Waals surface area contributed by atoms with Gasteiger partial charge in [-0.15, -0.1) is 10.2 Å². The highest BCUT2D eigenvalue weighted by Gasteiger charge is 2.27. The molecule has 28 heavy (non-hydrogen) atoms. The molecule has 0 atom stereocenters.